The van der Waals surface area contributed by atoms with Crippen LogP contribution in [0.5, 0.6) is 0 Å². The Hall–Kier alpha value is -0.730. The fourth-order valence-electron chi connectivity index (χ4n) is 0.741. The molecule has 0 spiro atoms. The number of halogens is 3. The van der Waals surface area contributed by atoms with Gasteiger partial charge >= 0.3 is 0 Å². The van der Waals surface area contributed by atoms with Gasteiger partial charge in [0, 0.05) is 5.56 Å². The normalized spacial score (nSPS) is 9.92. The molecule has 0 amide bonds. The highest BCUT2D eigenvalue weighted by atomic mass is 35.5. The van der Waals surface area contributed by atoms with Gasteiger partial charge in [0.1, 0.15) is 5.83 Å². The minimum Gasteiger partial charge on any atom is -0.396 e. The fraction of sp³-hybridized carbons (Fsp3) is 0. The van der Waals surface area contributed by atoms with Crippen molar-refractivity contribution in [1.29, 1.82) is 0 Å². The summed E-state index contributed by atoms with van der Waals surface area (Å²) in [6.45, 7) is 3.11. The standard InChI is InChI=1S/C8H6Cl2FN/c1-4(11)5-2-6(9)8(12)7(10)3-5/h2-3H,1,12H2. The maximum atomic E-state index is 12.6. The molecule has 12 heavy (non-hydrogen) atoms. The van der Waals surface area contributed by atoms with Gasteiger partial charge in [0.2, 0.25) is 0 Å². The van der Waals surface area contributed by atoms with E-state index < -0.39 is 5.83 Å². The zero-order chi connectivity index (χ0) is 9.30. The summed E-state index contributed by atoms with van der Waals surface area (Å²) in [5, 5.41) is 0.465. The Morgan fingerprint density at radius 2 is 1.75 bits per heavy atom. The molecular weight excluding hydrogens is 200 g/mol. The summed E-state index contributed by atoms with van der Waals surface area (Å²) >= 11 is 11.3. The van der Waals surface area contributed by atoms with Crippen molar-refractivity contribution in [1.82, 2.24) is 0 Å². The molecule has 0 saturated heterocycles. The number of hydrogen-bond acceptors (Lipinski definition) is 1. The van der Waals surface area contributed by atoms with Crippen LogP contribution >= 0.6 is 23.2 Å². The molecule has 0 saturated carbocycles. The quantitative estimate of drug-likeness (QED) is 0.699. The van der Waals surface area contributed by atoms with Crippen LogP contribution < -0.4 is 5.73 Å². The van der Waals surface area contributed by atoms with Crippen LogP contribution in [-0.2, 0) is 0 Å². The van der Waals surface area contributed by atoms with Gasteiger partial charge in [-0.1, -0.05) is 29.8 Å². The van der Waals surface area contributed by atoms with E-state index >= 15 is 0 Å². The molecule has 0 aliphatic heterocycles. The van der Waals surface area contributed by atoms with Crippen molar-refractivity contribution in [3.63, 3.8) is 0 Å². The molecule has 0 radical (unpaired) electrons. The van der Waals surface area contributed by atoms with Crippen molar-refractivity contribution in [2.75, 3.05) is 5.73 Å². The van der Waals surface area contributed by atoms with Crippen molar-refractivity contribution in [3.05, 3.63) is 34.3 Å². The van der Waals surface area contributed by atoms with E-state index in [2.05, 4.69) is 6.58 Å². The zero-order valence-electron chi connectivity index (χ0n) is 6.07. The summed E-state index contributed by atoms with van der Waals surface area (Å²) in [5.74, 6) is -0.584. The maximum Gasteiger partial charge on any atom is 0.123 e. The molecule has 1 nitrogen and oxygen atoms in total. The number of hydrogen-bond donors (Lipinski definition) is 1. The summed E-state index contributed by atoms with van der Waals surface area (Å²) in [4.78, 5) is 0. The molecule has 0 aromatic heterocycles. The molecule has 0 heterocycles. The van der Waals surface area contributed by atoms with E-state index in [0.717, 1.165) is 0 Å². The largest absolute Gasteiger partial charge is 0.396 e. The highest BCUT2D eigenvalue weighted by molar-refractivity contribution is 6.39. The van der Waals surface area contributed by atoms with E-state index in [1.165, 1.54) is 12.1 Å². The van der Waals surface area contributed by atoms with Crippen molar-refractivity contribution >= 4 is 34.7 Å². The average Bonchev–Trinajstić information content (AvgIpc) is 1.99. The number of rotatable bonds is 1. The van der Waals surface area contributed by atoms with Crippen molar-refractivity contribution in [2.24, 2.45) is 0 Å². The van der Waals surface area contributed by atoms with Crippen LogP contribution in [0, 0.1) is 0 Å². The number of nitrogen functional groups attached to an aromatic ring is 1. The van der Waals surface area contributed by atoms with Crippen molar-refractivity contribution in [2.45, 2.75) is 0 Å². The highest BCUT2D eigenvalue weighted by Crippen LogP contribution is 2.31. The Morgan fingerprint density at radius 3 is 2.08 bits per heavy atom. The number of nitrogens with two attached hydrogens (primary N) is 1. The summed E-state index contributed by atoms with van der Waals surface area (Å²) in [5.41, 5.74) is 5.94. The third-order valence-electron chi connectivity index (χ3n) is 1.39. The molecule has 1 aromatic carbocycles. The minimum atomic E-state index is -0.584. The fourth-order valence-corrected chi connectivity index (χ4v) is 1.23. The Morgan fingerprint density at radius 1 is 1.33 bits per heavy atom. The molecule has 0 unspecified atom stereocenters. The molecule has 1 aromatic rings. The van der Waals surface area contributed by atoms with Gasteiger partial charge in [-0.25, -0.2) is 4.39 Å². The van der Waals surface area contributed by atoms with Crippen LogP contribution in [0.15, 0.2) is 18.7 Å². The van der Waals surface area contributed by atoms with Crippen molar-refractivity contribution in [3.8, 4) is 0 Å². The Bertz CT molecular complexity index is 313. The number of anilines is 1. The third kappa shape index (κ3) is 1.71. The molecule has 0 aliphatic rings. The van der Waals surface area contributed by atoms with Gasteiger partial charge in [-0.3, -0.25) is 0 Å². The summed E-state index contributed by atoms with van der Waals surface area (Å²) in [7, 11) is 0. The van der Waals surface area contributed by atoms with Crippen LogP contribution in [0.3, 0.4) is 0 Å². The lowest BCUT2D eigenvalue weighted by molar-refractivity contribution is 0.763. The zero-order valence-corrected chi connectivity index (χ0v) is 7.58. The summed E-state index contributed by atoms with van der Waals surface area (Å²) in [6, 6.07) is 2.76. The molecule has 0 bridgehead atoms. The van der Waals surface area contributed by atoms with E-state index in [-0.39, 0.29) is 21.3 Å². The Kier molecular flexibility index (Phi) is 2.60. The first-order chi connectivity index (χ1) is 5.52. The smallest absolute Gasteiger partial charge is 0.123 e. The van der Waals surface area contributed by atoms with E-state index in [4.69, 9.17) is 28.9 Å². The molecule has 0 atom stereocenters. The van der Waals surface area contributed by atoms with Crippen LogP contribution in [0.4, 0.5) is 10.1 Å². The molecule has 1 rings (SSSR count). The third-order valence-corrected chi connectivity index (χ3v) is 2.02. The summed E-state index contributed by atoms with van der Waals surface area (Å²) in [6.07, 6.45) is 0. The van der Waals surface area contributed by atoms with E-state index in [1.54, 1.807) is 0 Å². The SMILES string of the molecule is C=C(F)c1cc(Cl)c(N)c(Cl)c1. The predicted octanol–water partition coefficient (Wildman–Crippen LogP) is 3.52. The number of benzene rings is 1. The second-order valence-electron chi connectivity index (χ2n) is 2.26. The molecule has 4 heteroatoms. The molecular formula is C8H6Cl2FN. The van der Waals surface area contributed by atoms with Gasteiger partial charge in [-0.2, -0.15) is 0 Å². The second kappa shape index (κ2) is 3.33. The van der Waals surface area contributed by atoms with E-state index in [0.29, 0.717) is 0 Å². The van der Waals surface area contributed by atoms with Gasteiger partial charge in [-0.15, -0.1) is 0 Å². The molecule has 2 N–H and O–H groups in total. The molecule has 0 aliphatic carbocycles. The van der Waals surface area contributed by atoms with Gasteiger partial charge < -0.3 is 5.73 Å². The molecule has 0 fully saturated rings. The first-order valence-corrected chi connectivity index (χ1v) is 3.87. The minimum absolute atomic E-state index is 0.233. The van der Waals surface area contributed by atoms with Gasteiger partial charge in [0.05, 0.1) is 15.7 Å². The Labute approximate surface area is 79.6 Å². The van der Waals surface area contributed by atoms with Crippen molar-refractivity contribution < 1.29 is 4.39 Å². The topological polar surface area (TPSA) is 26.0 Å². The van der Waals surface area contributed by atoms with Crippen LogP contribution in [0.1, 0.15) is 5.56 Å². The lowest BCUT2D eigenvalue weighted by atomic mass is 10.2. The first-order valence-electron chi connectivity index (χ1n) is 3.11. The highest BCUT2D eigenvalue weighted by Gasteiger charge is 2.06. The summed E-state index contributed by atoms with van der Waals surface area (Å²) < 4.78 is 12.6. The lowest BCUT2D eigenvalue weighted by Crippen LogP contribution is -1.89. The van der Waals surface area contributed by atoms with E-state index in [1.807, 2.05) is 0 Å². The van der Waals surface area contributed by atoms with Gasteiger partial charge in [-0.05, 0) is 12.1 Å². The van der Waals surface area contributed by atoms with Gasteiger partial charge in [0.25, 0.3) is 0 Å². The second-order valence-corrected chi connectivity index (χ2v) is 3.07. The monoisotopic (exact) mass is 205 g/mol. The lowest BCUT2D eigenvalue weighted by Gasteiger charge is -2.03. The van der Waals surface area contributed by atoms with Crippen LogP contribution in [0.2, 0.25) is 10.0 Å². The van der Waals surface area contributed by atoms with E-state index in [9.17, 15) is 4.39 Å². The predicted molar refractivity (Wildman–Crippen MR) is 51.0 cm³/mol. The average molecular weight is 206 g/mol. The first kappa shape index (κ1) is 9.36. The Balaban J connectivity index is 3.31. The molecule has 64 valence electrons. The van der Waals surface area contributed by atoms with Crippen LogP contribution in [-0.4, -0.2) is 0 Å². The maximum absolute atomic E-state index is 12.6. The van der Waals surface area contributed by atoms with Crippen LogP contribution in [0.25, 0.3) is 5.83 Å². The van der Waals surface area contributed by atoms with Gasteiger partial charge in [0.15, 0.2) is 0 Å².